The fraction of sp³-hybridized carbons (Fsp3) is 0.625. The van der Waals surface area contributed by atoms with Crippen molar-refractivity contribution in [3.05, 3.63) is 11.8 Å². The third-order valence-electron chi connectivity index (χ3n) is 1.22. The lowest BCUT2D eigenvalue weighted by Crippen LogP contribution is -2.06. The van der Waals surface area contributed by atoms with Crippen LogP contribution in [0.3, 0.4) is 0 Å². The molecule has 0 atom stereocenters. The highest BCUT2D eigenvalue weighted by atomic mass is 16.6. The van der Waals surface area contributed by atoms with Gasteiger partial charge in [-0.1, -0.05) is 13.3 Å². The topological polar surface area (TPSA) is 35.5 Å². The predicted molar refractivity (Wildman–Crippen MR) is 42.0 cm³/mol. The lowest BCUT2D eigenvalue weighted by molar-refractivity contribution is -0.139. The Hall–Kier alpha value is -0.990. The number of hydrogen-bond acceptors (Lipinski definition) is 3. The number of allylic oxidation sites excluding steroid dienone is 1. The van der Waals surface area contributed by atoms with Crippen LogP contribution in [-0.4, -0.2) is 20.2 Å². The third-order valence-corrected chi connectivity index (χ3v) is 1.22. The van der Waals surface area contributed by atoms with E-state index in [1.54, 1.807) is 6.08 Å². The van der Waals surface area contributed by atoms with Crippen LogP contribution in [0.2, 0.25) is 0 Å². The summed E-state index contributed by atoms with van der Waals surface area (Å²) in [6.07, 6.45) is 3.55. The Morgan fingerprint density at radius 1 is 1.36 bits per heavy atom. The first-order valence-corrected chi connectivity index (χ1v) is 3.58. The van der Waals surface area contributed by atoms with Crippen LogP contribution in [0.4, 0.5) is 0 Å². The fourth-order valence-electron chi connectivity index (χ4n) is 0.626. The van der Waals surface area contributed by atoms with Crippen LogP contribution in [0.5, 0.6) is 0 Å². The summed E-state index contributed by atoms with van der Waals surface area (Å²) in [4.78, 5) is 10.8. The van der Waals surface area contributed by atoms with E-state index in [-0.39, 0.29) is 5.76 Å². The van der Waals surface area contributed by atoms with Crippen LogP contribution in [0.1, 0.15) is 19.8 Å². The molecule has 0 aliphatic rings. The number of unbranched alkanes of at least 4 members (excludes halogenated alkanes) is 1. The first kappa shape index (κ1) is 10.0. The van der Waals surface area contributed by atoms with Crippen LogP contribution < -0.4 is 0 Å². The summed E-state index contributed by atoms with van der Waals surface area (Å²) in [5.74, 6) is -0.129. The van der Waals surface area contributed by atoms with Crippen molar-refractivity contribution in [1.82, 2.24) is 0 Å². The van der Waals surface area contributed by atoms with E-state index in [0.29, 0.717) is 0 Å². The maximum absolute atomic E-state index is 10.8. The van der Waals surface area contributed by atoms with Gasteiger partial charge >= 0.3 is 5.97 Å². The van der Waals surface area contributed by atoms with E-state index in [4.69, 9.17) is 4.74 Å². The lowest BCUT2D eigenvalue weighted by atomic mass is 10.3. The summed E-state index contributed by atoms with van der Waals surface area (Å²) in [6.45, 7) is 2.03. The summed E-state index contributed by atoms with van der Waals surface area (Å²) < 4.78 is 9.26. The van der Waals surface area contributed by atoms with Gasteiger partial charge in [0.15, 0.2) is 5.76 Å². The molecule has 0 aromatic heterocycles. The molecule has 0 aromatic rings. The van der Waals surface area contributed by atoms with Crippen molar-refractivity contribution in [1.29, 1.82) is 0 Å². The zero-order chi connectivity index (χ0) is 8.69. The van der Waals surface area contributed by atoms with Gasteiger partial charge in [0.1, 0.15) is 0 Å². The van der Waals surface area contributed by atoms with Crippen LogP contribution in [0, 0.1) is 0 Å². The van der Waals surface area contributed by atoms with Crippen molar-refractivity contribution in [2.45, 2.75) is 19.8 Å². The monoisotopic (exact) mass is 158 g/mol. The zero-order valence-electron chi connectivity index (χ0n) is 7.22. The molecule has 0 saturated heterocycles. The molecule has 64 valence electrons. The molecule has 3 heteroatoms. The van der Waals surface area contributed by atoms with Gasteiger partial charge in [0.25, 0.3) is 0 Å². The SMILES string of the molecule is CCC/C=C(\OC)C(=O)OC. The summed E-state index contributed by atoms with van der Waals surface area (Å²) in [5.41, 5.74) is 0. The molecule has 0 bridgehead atoms. The molecule has 11 heavy (non-hydrogen) atoms. The van der Waals surface area contributed by atoms with Crippen molar-refractivity contribution in [2.75, 3.05) is 14.2 Å². The Morgan fingerprint density at radius 2 is 2.00 bits per heavy atom. The quantitative estimate of drug-likeness (QED) is 0.353. The Morgan fingerprint density at radius 3 is 2.36 bits per heavy atom. The van der Waals surface area contributed by atoms with Crippen LogP contribution in [0.15, 0.2) is 11.8 Å². The molecule has 0 saturated carbocycles. The van der Waals surface area contributed by atoms with Gasteiger partial charge < -0.3 is 9.47 Å². The minimum atomic E-state index is -0.416. The van der Waals surface area contributed by atoms with E-state index in [2.05, 4.69) is 4.74 Å². The molecule has 3 nitrogen and oxygen atoms in total. The standard InChI is InChI=1S/C8H14O3/c1-4-5-6-7(10-2)8(9)11-3/h6H,4-5H2,1-3H3/b7-6-. The highest BCUT2D eigenvalue weighted by Gasteiger charge is 2.07. The number of esters is 1. The molecule has 0 amide bonds. The molecule has 0 aromatic carbocycles. The van der Waals surface area contributed by atoms with E-state index in [1.165, 1.54) is 14.2 Å². The predicted octanol–water partition coefficient (Wildman–Crippen LogP) is 1.49. The molecule has 0 heterocycles. The normalized spacial score (nSPS) is 11.0. The Labute approximate surface area is 67.0 Å². The molecule has 0 fully saturated rings. The Bertz CT molecular complexity index is 149. The molecule has 0 rings (SSSR count). The van der Waals surface area contributed by atoms with Gasteiger partial charge in [0, 0.05) is 0 Å². The highest BCUT2D eigenvalue weighted by Crippen LogP contribution is 2.01. The van der Waals surface area contributed by atoms with Gasteiger partial charge in [-0.3, -0.25) is 0 Å². The number of ether oxygens (including phenoxy) is 2. The van der Waals surface area contributed by atoms with Gasteiger partial charge in [0.2, 0.25) is 0 Å². The maximum atomic E-state index is 10.8. The Kier molecular flexibility index (Phi) is 5.25. The molecule has 0 N–H and O–H groups in total. The molecule has 0 aliphatic heterocycles. The van der Waals surface area contributed by atoms with Crippen molar-refractivity contribution in [2.24, 2.45) is 0 Å². The number of hydrogen-bond donors (Lipinski definition) is 0. The van der Waals surface area contributed by atoms with E-state index >= 15 is 0 Å². The average molecular weight is 158 g/mol. The number of rotatable bonds is 4. The lowest BCUT2D eigenvalue weighted by Gasteiger charge is -2.02. The summed E-state index contributed by atoms with van der Waals surface area (Å²) >= 11 is 0. The first-order valence-electron chi connectivity index (χ1n) is 3.58. The fourth-order valence-corrected chi connectivity index (χ4v) is 0.626. The van der Waals surface area contributed by atoms with Crippen LogP contribution in [0.25, 0.3) is 0 Å². The van der Waals surface area contributed by atoms with E-state index in [9.17, 15) is 4.79 Å². The van der Waals surface area contributed by atoms with Crippen molar-refractivity contribution in [3.63, 3.8) is 0 Å². The van der Waals surface area contributed by atoms with Crippen molar-refractivity contribution in [3.8, 4) is 0 Å². The van der Waals surface area contributed by atoms with Crippen molar-refractivity contribution < 1.29 is 14.3 Å². The van der Waals surface area contributed by atoms with Crippen LogP contribution >= 0.6 is 0 Å². The van der Waals surface area contributed by atoms with Gasteiger partial charge in [0.05, 0.1) is 14.2 Å². The van der Waals surface area contributed by atoms with E-state index in [0.717, 1.165) is 12.8 Å². The second-order valence-electron chi connectivity index (χ2n) is 2.05. The zero-order valence-corrected chi connectivity index (χ0v) is 7.22. The van der Waals surface area contributed by atoms with Crippen molar-refractivity contribution >= 4 is 5.97 Å². The summed E-state index contributed by atoms with van der Waals surface area (Å²) in [5, 5.41) is 0. The van der Waals surface area contributed by atoms with Gasteiger partial charge in [-0.25, -0.2) is 4.79 Å². The second-order valence-corrected chi connectivity index (χ2v) is 2.05. The summed E-state index contributed by atoms with van der Waals surface area (Å²) in [6, 6.07) is 0. The largest absolute Gasteiger partial charge is 0.490 e. The molecule has 0 spiro atoms. The maximum Gasteiger partial charge on any atom is 0.372 e. The van der Waals surface area contributed by atoms with Gasteiger partial charge in [-0.15, -0.1) is 0 Å². The minimum Gasteiger partial charge on any atom is -0.490 e. The second kappa shape index (κ2) is 5.77. The number of carbonyl (C=O) groups excluding carboxylic acids is 1. The first-order chi connectivity index (χ1) is 5.26. The van der Waals surface area contributed by atoms with Gasteiger partial charge in [-0.2, -0.15) is 0 Å². The molecular weight excluding hydrogens is 144 g/mol. The van der Waals surface area contributed by atoms with Gasteiger partial charge in [-0.05, 0) is 12.5 Å². The Balaban J connectivity index is 4.03. The molecule has 0 radical (unpaired) electrons. The summed E-state index contributed by atoms with van der Waals surface area (Å²) in [7, 11) is 2.79. The third kappa shape index (κ3) is 3.65. The minimum absolute atomic E-state index is 0.286. The van der Waals surface area contributed by atoms with E-state index in [1.807, 2.05) is 6.92 Å². The smallest absolute Gasteiger partial charge is 0.372 e. The molecule has 0 unspecified atom stereocenters. The average Bonchev–Trinajstić information content (AvgIpc) is 2.05. The molecular formula is C8H14O3. The van der Waals surface area contributed by atoms with E-state index < -0.39 is 5.97 Å². The number of methoxy groups -OCH3 is 2. The molecule has 0 aliphatic carbocycles. The highest BCUT2D eigenvalue weighted by molar-refractivity contribution is 5.85. The number of carbonyl (C=O) groups is 1. The van der Waals surface area contributed by atoms with Crippen LogP contribution in [-0.2, 0) is 14.3 Å².